The quantitative estimate of drug-likeness (QED) is 0.750. The van der Waals surface area contributed by atoms with E-state index < -0.39 is 0 Å². The van der Waals surface area contributed by atoms with Crippen LogP contribution in [0.5, 0.6) is 0 Å². The maximum absolute atomic E-state index is 12.6. The molecular formula is C23H31N3O3. The summed E-state index contributed by atoms with van der Waals surface area (Å²) < 4.78 is 6.60. The van der Waals surface area contributed by atoms with Crippen molar-refractivity contribution >= 4 is 11.9 Å². The number of hydrogen-bond acceptors (Lipinski definition) is 4. The van der Waals surface area contributed by atoms with E-state index in [0.29, 0.717) is 24.3 Å². The standard InChI is InChI=1S/C23H31N3O3/c1-15-7-5-6-8-21(15)24-23(28)18-9-11-19(12-10-18)26-17(3)20(16(2)25-26)13-14-22(27)29-4/h9-12,15,21H,5-8,13-14H2,1-4H3,(H,24,28)/t15-,21+/m1/s1. The van der Waals surface area contributed by atoms with Gasteiger partial charge in [-0.05, 0) is 68.9 Å². The van der Waals surface area contributed by atoms with Gasteiger partial charge in [0, 0.05) is 23.7 Å². The SMILES string of the molecule is COC(=O)CCc1c(C)nn(-c2ccc(C(=O)N[C@H]3CCCC[C@H]3C)cc2)c1C. The second-order valence-corrected chi connectivity index (χ2v) is 8.03. The smallest absolute Gasteiger partial charge is 0.305 e. The molecule has 156 valence electrons. The lowest BCUT2D eigenvalue weighted by Crippen LogP contribution is -2.41. The first-order valence-corrected chi connectivity index (χ1v) is 10.4. The topological polar surface area (TPSA) is 73.2 Å². The number of aryl methyl sites for hydroxylation is 1. The number of aromatic nitrogens is 2. The van der Waals surface area contributed by atoms with Gasteiger partial charge < -0.3 is 10.1 Å². The number of nitrogens with zero attached hydrogens (tertiary/aromatic N) is 2. The second kappa shape index (κ2) is 9.25. The maximum Gasteiger partial charge on any atom is 0.305 e. The summed E-state index contributed by atoms with van der Waals surface area (Å²) in [5.74, 6) is 0.298. The van der Waals surface area contributed by atoms with Gasteiger partial charge in [-0.15, -0.1) is 0 Å². The second-order valence-electron chi connectivity index (χ2n) is 8.03. The summed E-state index contributed by atoms with van der Waals surface area (Å²) in [6, 6.07) is 7.81. The molecule has 1 heterocycles. The largest absolute Gasteiger partial charge is 0.469 e. The zero-order valence-electron chi connectivity index (χ0n) is 17.8. The molecule has 0 spiro atoms. The number of esters is 1. The summed E-state index contributed by atoms with van der Waals surface area (Å²) in [6.07, 6.45) is 5.62. The van der Waals surface area contributed by atoms with E-state index in [1.807, 2.05) is 42.8 Å². The van der Waals surface area contributed by atoms with Gasteiger partial charge in [0.2, 0.25) is 0 Å². The van der Waals surface area contributed by atoms with Crippen molar-refractivity contribution in [2.75, 3.05) is 7.11 Å². The van der Waals surface area contributed by atoms with Crippen LogP contribution in [0.1, 0.15) is 66.3 Å². The highest BCUT2D eigenvalue weighted by Crippen LogP contribution is 2.24. The number of amides is 1. The Morgan fingerprint density at radius 2 is 1.86 bits per heavy atom. The molecule has 29 heavy (non-hydrogen) atoms. The molecular weight excluding hydrogens is 366 g/mol. The van der Waals surface area contributed by atoms with Crippen LogP contribution in [0.2, 0.25) is 0 Å². The number of hydrogen-bond donors (Lipinski definition) is 1. The van der Waals surface area contributed by atoms with E-state index in [1.54, 1.807) is 0 Å². The predicted molar refractivity (Wildman–Crippen MR) is 112 cm³/mol. The Hall–Kier alpha value is -2.63. The molecule has 0 aliphatic heterocycles. The van der Waals surface area contributed by atoms with Crippen LogP contribution in [0.25, 0.3) is 5.69 Å². The molecule has 0 unspecified atom stereocenters. The third-order valence-electron chi connectivity index (χ3n) is 6.05. The van der Waals surface area contributed by atoms with Crippen molar-refractivity contribution in [1.29, 1.82) is 0 Å². The van der Waals surface area contributed by atoms with Gasteiger partial charge in [-0.3, -0.25) is 9.59 Å². The van der Waals surface area contributed by atoms with Gasteiger partial charge in [-0.1, -0.05) is 19.8 Å². The first-order valence-electron chi connectivity index (χ1n) is 10.4. The minimum absolute atomic E-state index is 0.0116. The molecule has 0 bridgehead atoms. The Bertz CT molecular complexity index is 870. The van der Waals surface area contributed by atoms with Crippen LogP contribution in [0.15, 0.2) is 24.3 Å². The lowest BCUT2D eigenvalue weighted by Gasteiger charge is -2.29. The van der Waals surface area contributed by atoms with Crippen LogP contribution < -0.4 is 5.32 Å². The Morgan fingerprint density at radius 1 is 1.17 bits per heavy atom. The van der Waals surface area contributed by atoms with Gasteiger partial charge in [-0.25, -0.2) is 4.68 Å². The average Bonchev–Trinajstić information content (AvgIpc) is 3.01. The van der Waals surface area contributed by atoms with Crippen molar-refractivity contribution in [3.05, 3.63) is 46.8 Å². The van der Waals surface area contributed by atoms with E-state index in [4.69, 9.17) is 4.74 Å². The molecule has 2 atom stereocenters. The summed E-state index contributed by atoms with van der Waals surface area (Å²) in [4.78, 5) is 24.1. The number of carbonyl (C=O) groups is 2. The number of carbonyl (C=O) groups excluding carboxylic acids is 2. The van der Waals surface area contributed by atoms with Crippen LogP contribution >= 0.6 is 0 Å². The molecule has 6 nitrogen and oxygen atoms in total. The molecule has 1 amide bonds. The van der Waals surface area contributed by atoms with Crippen molar-refractivity contribution in [3.63, 3.8) is 0 Å². The van der Waals surface area contributed by atoms with E-state index in [-0.39, 0.29) is 17.9 Å². The van der Waals surface area contributed by atoms with Crippen molar-refractivity contribution < 1.29 is 14.3 Å². The fourth-order valence-corrected chi connectivity index (χ4v) is 4.15. The predicted octanol–water partition coefficient (Wildman–Crippen LogP) is 3.90. The molecule has 6 heteroatoms. The molecule has 1 saturated carbocycles. The zero-order valence-corrected chi connectivity index (χ0v) is 17.8. The fraction of sp³-hybridized carbons (Fsp3) is 0.522. The molecule has 1 N–H and O–H groups in total. The normalized spacial score (nSPS) is 19.0. The van der Waals surface area contributed by atoms with Crippen LogP contribution in [-0.4, -0.2) is 34.8 Å². The number of rotatable bonds is 6. The van der Waals surface area contributed by atoms with Crippen LogP contribution in [0.4, 0.5) is 0 Å². The Balaban J connectivity index is 1.71. The number of ether oxygens (including phenoxy) is 1. The third kappa shape index (κ3) is 4.86. The van der Waals surface area contributed by atoms with Gasteiger partial charge in [0.15, 0.2) is 0 Å². The maximum atomic E-state index is 12.6. The summed E-state index contributed by atoms with van der Waals surface area (Å²) in [5, 5.41) is 7.82. The highest BCUT2D eigenvalue weighted by molar-refractivity contribution is 5.94. The highest BCUT2D eigenvalue weighted by atomic mass is 16.5. The molecule has 3 rings (SSSR count). The van der Waals surface area contributed by atoms with Crippen molar-refractivity contribution in [3.8, 4) is 5.69 Å². The molecule has 0 radical (unpaired) electrons. The van der Waals surface area contributed by atoms with Gasteiger partial charge >= 0.3 is 5.97 Å². The number of methoxy groups -OCH3 is 1. The molecule has 2 aromatic rings. The molecule has 1 aliphatic carbocycles. The Labute approximate surface area is 172 Å². The first kappa shape index (κ1) is 21.1. The monoisotopic (exact) mass is 397 g/mol. The molecule has 0 saturated heterocycles. The Kier molecular flexibility index (Phi) is 6.72. The average molecular weight is 398 g/mol. The van der Waals surface area contributed by atoms with E-state index >= 15 is 0 Å². The van der Waals surface area contributed by atoms with Crippen molar-refractivity contribution in [2.24, 2.45) is 5.92 Å². The van der Waals surface area contributed by atoms with Crippen LogP contribution in [0, 0.1) is 19.8 Å². The lowest BCUT2D eigenvalue weighted by atomic mass is 9.86. The highest BCUT2D eigenvalue weighted by Gasteiger charge is 2.23. The van der Waals surface area contributed by atoms with Gasteiger partial charge in [0.05, 0.1) is 18.5 Å². The Morgan fingerprint density at radius 3 is 2.52 bits per heavy atom. The van der Waals surface area contributed by atoms with E-state index in [0.717, 1.165) is 29.1 Å². The molecule has 1 fully saturated rings. The molecule has 1 aromatic carbocycles. The van der Waals surface area contributed by atoms with E-state index in [2.05, 4.69) is 17.3 Å². The van der Waals surface area contributed by atoms with E-state index in [1.165, 1.54) is 26.4 Å². The minimum atomic E-state index is -0.223. The lowest BCUT2D eigenvalue weighted by molar-refractivity contribution is -0.140. The summed E-state index contributed by atoms with van der Waals surface area (Å²) in [6.45, 7) is 6.16. The summed E-state index contributed by atoms with van der Waals surface area (Å²) in [5.41, 5.74) is 4.53. The first-order chi connectivity index (χ1) is 13.9. The summed E-state index contributed by atoms with van der Waals surface area (Å²) >= 11 is 0. The summed E-state index contributed by atoms with van der Waals surface area (Å²) in [7, 11) is 1.40. The van der Waals surface area contributed by atoms with Crippen LogP contribution in [-0.2, 0) is 16.0 Å². The number of benzene rings is 1. The van der Waals surface area contributed by atoms with Crippen LogP contribution in [0.3, 0.4) is 0 Å². The van der Waals surface area contributed by atoms with Gasteiger partial charge in [0.1, 0.15) is 0 Å². The molecule has 1 aliphatic rings. The van der Waals surface area contributed by atoms with Crippen molar-refractivity contribution in [1.82, 2.24) is 15.1 Å². The van der Waals surface area contributed by atoms with Gasteiger partial charge in [-0.2, -0.15) is 5.10 Å². The molecule has 1 aromatic heterocycles. The van der Waals surface area contributed by atoms with Crippen molar-refractivity contribution in [2.45, 2.75) is 65.3 Å². The van der Waals surface area contributed by atoms with Gasteiger partial charge in [0.25, 0.3) is 5.91 Å². The third-order valence-corrected chi connectivity index (χ3v) is 6.05. The fourth-order valence-electron chi connectivity index (χ4n) is 4.15. The minimum Gasteiger partial charge on any atom is -0.469 e. The zero-order chi connectivity index (χ0) is 21.0. The number of nitrogens with one attached hydrogen (secondary N) is 1. The van der Waals surface area contributed by atoms with E-state index in [9.17, 15) is 9.59 Å².